The molecule has 4 nitrogen and oxygen atoms in total. The zero-order valence-electron chi connectivity index (χ0n) is 9.68. The largest absolute Gasteiger partial charge is 0.497 e. The maximum Gasteiger partial charge on any atom is 0.125 e. The summed E-state index contributed by atoms with van der Waals surface area (Å²) < 4.78 is 5.17. The normalized spacial score (nSPS) is 9.94. The van der Waals surface area contributed by atoms with E-state index in [0.29, 0.717) is 5.82 Å². The molecule has 1 aromatic carbocycles. The molecule has 4 heteroatoms. The van der Waals surface area contributed by atoms with E-state index in [0.717, 1.165) is 23.5 Å². The van der Waals surface area contributed by atoms with Gasteiger partial charge in [-0.2, -0.15) is 0 Å². The first kappa shape index (κ1) is 11.3. The number of aromatic nitrogens is 1. The second-order valence-corrected chi connectivity index (χ2v) is 3.67. The van der Waals surface area contributed by atoms with Crippen LogP contribution in [-0.2, 0) is 6.54 Å². The maximum atomic E-state index is 5.60. The van der Waals surface area contributed by atoms with Crippen molar-refractivity contribution in [3.8, 4) is 5.75 Å². The molecular weight excluding hydrogens is 214 g/mol. The zero-order valence-corrected chi connectivity index (χ0v) is 9.68. The molecule has 88 valence electrons. The Bertz CT molecular complexity index is 500. The number of hydrogen-bond acceptors (Lipinski definition) is 4. The Morgan fingerprint density at radius 3 is 2.94 bits per heavy atom. The number of rotatable bonds is 4. The SMILES string of the molecule is COc1cccc(CNc2ccnc(N)c2)c1. The highest BCUT2D eigenvalue weighted by Gasteiger charge is 1.97. The highest BCUT2D eigenvalue weighted by atomic mass is 16.5. The van der Waals surface area contributed by atoms with Gasteiger partial charge in [0.2, 0.25) is 0 Å². The zero-order chi connectivity index (χ0) is 12.1. The van der Waals surface area contributed by atoms with Crippen molar-refractivity contribution in [3.05, 3.63) is 48.2 Å². The van der Waals surface area contributed by atoms with Crippen molar-refractivity contribution < 1.29 is 4.74 Å². The molecule has 0 bridgehead atoms. The van der Waals surface area contributed by atoms with Crippen LogP contribution < -0.4 is 15.8 Å². The minimum absolute atomic E-state index is 0.514. The lowest BCUT2D eigenvalue weighted by Crippen LogP contribution is -2.00. The van der Waals surface area contributed by atoms with E-state index in [4.69, 9.17) is 10.5 Å². The predicted molar refractivity (Wildman–Crippen MR) is 69.0 cm³/mol. The van der Waals surface area contributed by atoms with Crippen molar-refractivity contribution in [2.24, 2.45) is 0 Å². The van der Waals surface area contributed by atoms with Crippen molar-refractivity contribution >= 4 is 11.5 Å². The minimum atomic E-state index is 0.514. The van der Waals surface area contributed by atoms with Crippen LogP contribution in [0.5, 0.6) is 5.75 Å². The Balaban J connectivity index is 2.02. The summed E-state index contributed by atoms with van der Waals surface area (Å²) in [5, 5.41) is 3.28. The van der Waals surface area contributed by atoms with Crippen molar-refractivity contribution in [3.63, 3.8) is 0 Å². The second-order valence-electron chi connectivity index (χ2n) is 3.67. The van der Waals surface area contributed by atoms with Crippen LogP contribution in [0, 0.1) is 0 Å². The summed E-state index contributed by atoms with van der Waals surface area (Å²) in [6.07, 6.45) is 1.68. The molecule has 0 aliphatic carbocycles. The molecule has 0 aliphatic heterocycles. The third-order valence-corrected chi connectivity index (χ3v) is 2.41. The fourth-order valence-corrected chi connectivity index (χ4v) is 1.54. The monoisotopic (exact) mass is 229 g/mol. The summed E-state index contributed by atoms with van der Waals surface area (Å²) in [5.41, 5.74) is 7.71. The van der Waals surface area contributed by atoms with Gasteiger partial charge < -0.3 is 15.8 Å². The summed E-state index contributed by atoms with van der Waals surface area (Å²) in [6.45, 7) is 0.723. The van der Waals surface area contributed by atoms with Gasteiger partial charge in [-0.3, -0.25) is 0 Å². The van der Waals surface area contributed by atoms with Crippen LogP contribution in [0.1, 0.15) is 5.56 Å². The molecule has 0 aliphatic rings. The number of ether oxygens (including phenoxy) is 1. The molecule has 3 N–H and O–H groups in total. The number of anilines is 2. The van der Waals surface area contributed by atoms with Crippen LogP contribution in [0.25, 0.3) is 0 Å². The fourth-order valence-electron chi connectivity index (χ4n) is 1.54. The molecule has 0 saturated carbocycles. The first-order valence-corrected chi connectivity index (χ1v) is 5.36. The number of nitrogens with one attached hydrogen (secondary N) is 1. The Morgan fingerprint density at radius 2 is 2.18 bits per heavy atom. The maximum absolute atomic E-state index is 5.60. The van der Waals surface area contributed by atoms with Gasteiger partial charge in [0.1, 0.15) is 11.6 Å². The van der Waals surface area contributed by atoms with Gasteiger partial charge in [0.05, 0.1) is 7.11 Å². The molecule has 0 saturated heterocycles. The van der Waals surface area contributed by atoms with Gasteiger partial charge in [0.25, 0.3) is 0 Å². The van der Waals surface area contributed by atoms with Crippen LogP contribution in [0.15, 0.2) is 42.6 Å². The summed E-state index contributed by atoms with van der Waals surface area (Å²) in [4.78, 5) is 3.94. The van der Waals surface area contributed by atoms with E-state index in [9.17, 15) is 0 Å². The van der Waals surface area contributed by atoms with Crippen molar-refractivity contribution in [2.45, 2.75) is 6.54 Å². The molecule has 1 heterocycles. The van der Waals surface area contributed by atoms with Crippen LogP contribution in [-0.4, -0.2) is 12.1 Å². The third-order valence-electron chi connectivity index (χ3n) is 2.41. The lowest BCUT2D eigenvalue weighted by atomic mass is 10.2. The van der Waals surface area contributed by atoms with Gasteiger partial charge in [-0.25, -0.2) is 4.98 Å². The molecule has 2 aromatic rings. The van der Waals surface area contributed by atoms with Gasteiger partial charge in [0, 0.05) is 24.5 Å². The first-order valence-electron chi connectivity index (χ1n) is 5.36. The summed E-state index contributed by atoms with van der Waals surface area (Å²) in [6, 6.07) is 11.6. The Hall–Kier alpha value is -2.23. The summed E-state index contributed by atoms with van der Waals surface area (Å²) in [5.74, 6) is 1.37. The van der Waals surface area contributed by atoms with Gasteiger partial charge in [0.15, 0.2) is 0 Å². The molecular formula is C13H15N3O. The van der Waals surface area contributed by atoms with Gasteiger partial charge in [-0.1, -0.05) is 12.1 Å². The molecule has 0 unspecified atom stereocenters. The lowest BCUT2D eigenvalue weighted by Gasteiger charge is -2.08. The number of nitrogen functional groups attached to an aromatic ring is 1. The van der Waals surface area contributed by atoms with Gasteiger partial charge in [-0.05, 0) is 23.8 Å². The molecule has 0 atom stereocenters. The number of nitrogens with zero attached hydrogens (tertiary/aromatic N) is 1. The second kappa shape index (κ2) is 5.21. The van der Waals surface area contributed by atoms with E-state index in [-0.39, 0.29) is 0 Å². The summed E-state index contributed by atoms with van der Waals surface area (Å²) in [7, 11) is 1.66. The van der Waals surface area contributed by atoms with Crippen molar-refractivity contribution in [1.82, 2.24) is 4.98 Å². The van der Waals surface area contributed by atoms with E-state index in [1.165, 1.54) is 0 Å². The highest BCUT2D eigenvalue weighted by Crippen LogP contribution is 2.15. The van der Waals surface area contributed by atoms with E-state index in [1.54, 1.807) is 19.4 Å². The molecule has 0 amide bonds. The topological polar surface area (TPSA) is 60.2 Å². The molecule has 0 spiro atoms. The van der Waals surface area contributed by atoms with Crippen LogP contribution in [0.3, 0.4) is 0 Å². The van der Waals surface area contributed by atoms with Crippen molar-refractivity contribution in [1.29, 1.82) is 0 Å². The lowest BCUT2D eigenvalue weighted by molar-refractivity contribution is 0.414. The van der Waals surface area contributed by atoms with Crippen LogP contribution in [0.4, 0.5) is 11.5 Å². The Morgan fingerprint density at radius 1 is 1.29 bits per heavy atom. The number of benzene rings is 1. The van der Waals surface area contributed by atoms with Crippen molar-refractivity contribution in [2.75, 3.05) is 18.2 Å². The molecule has 0 fully saturated rings. The summed E-state index contributed by atoms with van der Waals surface area (Å²) >= 11 is 0. The van der Waals surface area contributed by atoms with Crippen LogP contribution >= 0.6 is 0 Å². The quantitative estimate of drug-likeness (QED) is 0.844. The highest BCUT2D eigenvalue weighted by molar-refractivity contribution is 5.50. The van der Waals surface area contributed by atoms with Crippen LogP contribution in [0.2, 0.25) is 0 Å². The number of hydrogen-bond donors (Lipinski definition) is 2. The van der Waals surface area contributed by atoms with E-state index < -0.39 is 0 Å². The number of nitrogens with two attached hydrogens (primary N) is 1. The van der Waals surface area contributed by atoms with Gasteiger partial charge in [-0.15, -0.1) is 0 Å². The van der Waals surface area contributed by atoms with E-state index >= 15 is 0 Å². The fraction of sp³-hybridized carbons (Fsp3) is 0.154. The molecule has 0 radical (unpaired) electrons. The molecule has 17 heavy (non-hydrogen) atoms. The first-order chi connectivity index (χ1) is 8.28. The van der Waals surface area contributed by atoms with Gasteiger partial charge >= 0.3 is 0 Å². The number of pyridine rings is 1. The standard InChI is InChI=1S/C13H15N3O/c1-17-12-4-2-3-10(7-12)9-16-11-5-6-15-13(14)8-11/h2-8H,9H2,1H3,(H3,14,15,16). The molecule has 2 rings (SSSR count). The third kappa shape index (κ3) is 3.11. The average molecular weight is 229 g/mol. The van der Waals surface area contributed by atoms with E-state index in [2.05, 4.69) is 10.3 Å². The minimum Gasteiger partial charge on any atom is -0.497 e. The predicted octanol–water partition coefficient (Wildman–Crippen LogP) is 2.28. The smallest absolute Gasteiger partial charge is 0.125 e. The number of methoxy groups -OCH3 is 1. The Labute approximate surface area is 100 Å². The Kier molecular flexibility index (Phi) is 3.45. The van der Waals surface area contributed by atoms with E-state index in [1.807, 2.05) is 30.3 Å². The average Bonchev–Trinajstić information content (AvgIpc) is 2.37. The molecule has 1 aromatic heterocycles.